The molecule has 86 valence electrons. The van der Waals surface area contributed by atoms with Crippen molar-refractivity contribution in [1.82, 2.24) is 0 Å². The molecule has 1 amide bonds. The zero-order valence-electron chi connectivity index (χ0n) is 9.53. The first-order chi connectivity index (χ1) is 7.56. The molecule has 1 aromatic rings. The van der Waals surface area contributed by atoms with Crippen molar-refractivity contribution >= 4 is 17.3 Å². The fraction of sp³-hybridized carbons (Fsp3) is 0.417. The monoisotopic (exact) mass is 220 g/mol. The van der Waals surface area contributed by atoms with Gasteiger partial charge >= 0.3 is 0 Å². The van der Waals surface area contributed by atoms with Crippen molar-refractivity contribution < 1.29 is 9.90 Å². The molecule has 1 aromatic carbocycles. The lowest BCUT2D eigenvalue weighted by Crippen LogP contribution is -2.41. The van der Waals surface area contributed by atoms with E-state index in [1.165, 1.54) is 0 Å². The maximum Gasteiger partial charge on any atom is 0.243 e. The molecule has 0 fully saturated rings. The molecular weight excluding hydrogens is 204 g/mol. The molecule has 1 unspecified atom stereocenters. The van der Waals surface area contributed by atoms with Crippen molar-refractivity contribution in [3.63, 3.8) is 0 Å². The van der Waals surface area contributed by atoms with E-state index in [0.717, 1.165) is 16.9 Å². The van der Waals surface area contributed by atoms with Gasteiger partial charge in [0.1, 0.15) is 0 Å². The van der Waals surface area contributed by atoms with E-state index in [4.69, 9.17) is 0 Å². The Bertz CT molecular complexity index is 415. The molecule has 0 saturated heterocycles. The largest absolute Gasteiger partial charge is 0.392 e. The van der Waals surface area contributed by atoms with E-state index in [1.54, 1.807) is 6.92 Å². The zero-order valence-corrected chi connectivity index (χ0v) is 9.53. The number of β-amino-alcohol motifs (C(OH)–C–C–N with tert-alkyl or cyclic N) is 1. The van der Waals surface area contributed by atoms with E-state index in [2.05, 4.69) is 5.32 Å². The average Bonchev–Trinajstić information content (AvgIpc) is 2.15. The van der Waals surface area contributed by atoms with Gasteiger partial charge in [0.05, 0.1) is 24.0 Å². The third-order valence-electron chi connectivity index (χ3n) is 2.59. The van der Waals surface area contributed by atoms with Crippen LogP contribution in [-0.2, 0) is 4.79 Å². The molecular formula is C12H16N2O2. The molecule has 2 N–H and O–H groups in total. The van der Waals surface area contributed by atoms with E-state index in [9.17, 15) is 9.90 Å². The van der Waals surface area contributed by atoms with E-state index < -0.39 is 6.10 Å². The van der Waals surface area contributed by atoms with Crippen LogP contribution in [0.5, 0.6) is 0 Å². The number of rotatable bonds is 2. The Morgan fingerprint density at radius 1 is 1.56 bits per heavy atom. The highest BCUT2D eigenvalue weighted by Gasteiger charge is 2.22. The van der Waals surface area contributed by atoms with Crippen molar-refractivity contribution in [3.8, 4) is 0 Å². The first-order valence-electron chi connectivity index (χ1n) is 5.40. The lowest BCUT2D eigenvalue weighted by Gasteiger charge is -2.31. The summed E-state index contributed by atoms with van der Waals surface area (Å²) < 4.78 is 0. The predicted octanol–water partition coefficient (Wildman–Crippen LogP) is 1.13. The smallest absolute Gasteiger partial charge is 0.243 e. The van der Waals surface area contributed by atoms with Gasteiger partial charge in [-0.05, 0) is 31.5 Å². The number of hydrogen-bond donors (Lipinski definition) is 2. The molecule has 0 spiro atoms. The number of hydrogen-bond acceptors (Lipinski definition) is 3. The highest BCUT2D eigenvalue weighted by molar-refractivity contribution is 6.01. The number of carbonyl (C=O) groups excluding carboxylic acids is 1. The molecule has 0 saturated carbocycles. The Labute approximate surface area is 94.9 Å². The van der Waals surface area contributed by atoms with Crippen LogP contribution in [-0.4, -0.2) is 30.2 Å². The second-order valence-electron chi connectivity index (χ2n) is 4.30. The van der Waals surface area contributed by atoms with Crippen molar-refractivity contribution in [2.75, 3.05) is 23.3 Å². The van der Waals surface area contributed by atoms with Gasteiger partial charge in [-0.15, -0.1) is 0 Å². The standard InChI is InChI=1S/C12H16N2O2/c1-8-3-4-11-10(5-8)13-12(16)7-14(11)6-9(2)15/h3-5,9,15H,6-7H2,1-2H3,(H,13,16). The summed E-state index contributed by atoms with van der Waals surface area (Å²) in [5, 5.41) is 12.2. The van der Waals surface area contributed by atoms with E-state index in [0.29, 0.717) is 13.1 Å². The number of benzene rings is 1. The van der Waals surface area contributed by atoms with Crippen molar-refractivity contribution in [3.05, 3.63) is 23.8 Å². The summed E-state index contributed by atoms with van der Waals surface area (Å²) in [6.07, 6.45) is -0.444. The van der Waals surface area contributed by atoms with Crippen LogP contribution in [0.15, 0.2) is 18.2 Å². The number of amides is 1. The zero-order chi connectivity index (χ0) is 11.7. The summed E-state index contributed by atoms with van der Waals surface area (Å²) in [6, 6.07) is 5.93. The summed E-state index contributed by atoms with van der Waals surface area (Å²) in [5.74, 6) is -0.0289. The highest BCUT2D eigenvalue weighted by atomic mass is 16.3. The number of nitrogens with one attached hydrogen (secondary N) is 1. The quantitative estimate of drug-likeness (QED) is 0.785. The number of nitrogens with zero attached hydrogens (tertiary/aromatic N) is 1. The van der Waals surface area contributed by atoms with E-state index in [1.807, 2.05) is 30.0 Å². The molecule has 4 heteroatoms. The van der Waals surface area contributed by atoms with E-state index in [-0.39, 0.29) is 5.91 Å². The maximum atomic E-state index is 11.5. The van der Waals surface area contributed by atoms with Crippen LogP contribution < -0.4 is 10.2 Å². The SMILES string of the molecule is Cc1ccc2c(c1)NC(=O)CN2CC(C)O. The highest BCUT2D eigenvalue weighted by Crippen LogP contribution is 2.30. The molecule has 1 aliphatic heterocycles. The third-order valence-corrected chi connectivity index (χ3v) is 2.59. The first-order valence-corrected chi connectivity index (χ1v) is 5.40. The summed E-state index contributed by atoms with van der Waals surface area (Å²) in [6.45, 7) is 4.49. The molecule has 0 radical (unpaired) electrons. The number of aryl methyl sites for hydroxylation is 1. The average molecular weight is 220 g/mol. The molecule has 0 bridgehead atoms. The van der Waals surface area contributed by atoms with Gasteiger partial charge in [0.15, 0.2) is 0 Å². The summed E-state index contributed by atoms with van der Waals surface area (Å²) >= 11 is 0. The molecule has 4 nitrogen and oxygen atoms in total. The Kier molecular flexibility index (Phi) is 2.83. The molecule has 0 aromatic heterocycles. The van der Waals surface area contributed by atoms with Crippen molar-refractivity contribution in [1.29, 1.82) is 0 Å². The predicted molar refractivity (Wildman–Crippen MR) is 63.7 cm³/mol. The van der Waals surface area contributed by atoms with Gasteiger partial charge in [-0.1, -0.05) is 6.07 Å². The Morgan fingerprint density at radius 3 is 3.00 bits per heavy atom. The third kappa shape index (κ3) is 2.17. The summed E-state index contributed by atoms with van der Waals surface area (Å²) in [4.78, 5) is 13.4. The fourth-order valence-corrected chi connectivity index (χ4v) is 1.96. The second kappa shape index (κ2) is 4.14. The van der Waals surface area contributed by atoms with Gasteiger partial charge in [0.25, 0.3) is 0 Å². The van der Waals surface area contributed by atoms with Gasteiger partial charge < -0.3 is 15.3 Å². The van der Waals surface area contributed by atoms with Crippen LogP contribution in [0.2, 0.25) is 0 Å². The summed E-state index contributed by atoms with van der Waals surface area (Å²) in [7, 11) is 0. The van der Waals surface area contributed by atoms with Crippen molar-refractivity contribution in [2.45, 2.75) is 20.0 Å². The summed E-state index contributed by atoms with van der Waals surface area (Å²) in [5.41, 5.74) is 2.92. The van der Waals surface area contributed by atoms with Crippen LogP contribution in [0, 0.1) is 6.92 Å². The van der Waals surface area contributed by atoms with Crippen LogP contribution in [0.25, 0.3) is 0 Å². The fourth-order valence-electron chi connectivity index (χ4n) is 1.96. The van der Waals surface area contributed by atoms with Gasteiger partial charge in [-0.25, -0.2) is 0 Å². The molecule has 16 heavy (non-hydrogen) atoms. The Hall–Kier alpha value is -1.55. The normalized spacial score (nSPS) is 16.7. The van der Waals surface area contributed by atoms with Gasteiger partial charge in [-0.3, -0.25) is 4.79 Å². The molecule has 1 heterocycles. The number of aliphatic hydroxyl groups excluding tert-OH is 1. The molecule has 1 atom stereocenters. The first kappa shape index (κ1) is 11.0. The maximum absolute atomic E-state index is 11.5. The van der Waals surface area contributed by atoms with Crippen LogP contribution in [0.3, 0.4) is 0 Å². The Balaban J connectivity index is 2.34. The lowest BCUT2D eigenvalue weighted by atomic mass is 10.1. The molecule has 0 aliphatic carbocycles. The van der Waals surface area contributed by atoms with Crippen LogP contribution in [0.4, 0.5) is 11.4 Å². The molecule has 1 aliphatic rings. The minimum absolute atomic E-state index is 0.0289. The molecule has 2 rings (SSSR count). The second-order valence-corrected chi connectivity index (χ2v) is 4.30. The topological polar surface area (TPSA) is 52.6 Å². The minimum atomic E-state index is -0.444. The Morgan fingerprint density at radius 2 is 2.31 bits per heavy atom. The minimum Gasteiger partial charge on any atom is -0.392 e. The number of carbonyl (C=O) groups is 1. The lowest BCUT2D eigenvalue weighted by molar-refractivity contribution is -0.115. The van der Waals surface area contributed by atoms with Crippen LogP contribution in [0.1, 0.15) is 12.5 Å². The number of anilines is 2. The number of fused-ring (bicyclic) bond motifs is 1. The van der Waals surface area contributed by atoms with Gasteiger partial charge in [0.2, 0.25) is 5.91 Å². The van der Waals surface area contributed by atoms with Crippen molar-refractivity contribution in [2.24, 2.45) is 0 Å². The van der Waals surface area contributed by atoms with Crippen LogP contribution >= 0.6 is 0 Å². The van der Waals surface area contributed by atoms with E-state index >= 15 is 0 Å². The van der Waals surface area contributed by atoms with Gasteiger partial charge in [-0.2, -0.15) is 0 Å². The number of aliphatic hydroxyl groups is 1. The van der Waals surface area contributed by atoms with Gasteiger partial charge in [0, 0.05) is 6.54 Å².